The van der Waals surface area contributed by atoms with Gasteiger partial charge < -0.3 is 15.2 Å². The van der Waals surface area contributed by atoms with Gasteiger partial charge in [0.1, 0.15) is 15.4 Å². The summed E-state index contributed by atoms with van der Waals surface area (Å²) < 4.78 is 28.8. The lowest BCUT2D eigenvalue weighted by Crippen LogP contribution is -2.43. The molecule has 132 valence electrons. The van der Waals surface area contributed by atoms with Gasteiger partial charge in [0.15, 0.2) is 0 Å². The molecule has 0 aliphatic rings. The van der Waals surface area contributed by atoms with E-state index in [0.29, 0.717) is 19.3 Å². The molecule has 2 N–H and O–H groups in total. The molecule has 0 aromatic carbocycles. The number of aliphatic hydroxyl groups is 1. The number of amides is 1. The predicted molar refractivity (Wildman–Crippen MR) is 87.6 cm³/mol. The van der Waals surface area contributed by atoms with Crippen LogP contribution in [0.2, 0.25) is 0 Å². The fourth-order valence-electron chi connectivity index (χ4n) is 2.00. The van der Waals surface area contributed by atoms with Gasteiger partial charge in [-0.1, -0.05) is 13.8 Å². The molecule has 22 heavy (non-hydrogen) atoms. The fraction of sp³-hybridized carbons (Fsp3) is 0.933. The SMILES string of the molecule is CCCS(=O)(=O)CCC(CC)(CO)CNC(=O)OC(C)(C)C. The quantitative estimate of drug-likeness (QED) is 0.672. The van der Waals surface area contributed by atoms with E-state index in [1.54, 1.807) is 20.8 Å². The minimum Gasteiger partial charge on any atom is -0.444 e. The number of alkyl carbamates (subject to hydrolysis) is 1. The number of nitrogens with one attached hydrogen (secondary N) is 1. The molecule has 0 bridgehead atoms. The minimum absolute atomic E-state index is 0.0191. The monoisotopic (exact) mass is 337 g/mol. The second-order valence-corrected chi connectivity index (χ2v) is 9.07. The van der Waals surface area contributed by atoms with Crippen LogP contribution in [0.1, 0.15) is 53.9 Å². The second kappa shape index (κ2) is 8.72. The molecule has 0 rings (SSSR count). The maximum atomic E-state index is 11.8. The summed E-state index contributed by atoms with van der Waals surface area (Å²) in [4.78, 5) is 11.7. The lowest BCUT2D eigenvalue weighted by Gasteiger charge is -2.31. The Morgan fingerprint density at radius 1 is 1.18 bits per heavy atom. The third-order valence-corrected chi connectivity index (χ3v) is 5.41. The van der Waals surface area contributed by atoms with Crippen molar-refractivity contribution in [2.24, 2.45) is 5.41 Å². The molecule has 0 fully saturated rings. The van der Waals surface area contributed by atoms with E-state index in [1.165, 1.54) is 0 Å². The first-order valence-corrected chi connectivity index (χ1v) is 9.59. The van der Waals surface area contributed by atoms with Crippen LogP contribution in [0, 0.1) is 5.41 Å². The normalized spacial score (nSPS) is 15.2. The van der Waals surface area contributed by atoms with E-state index in [1.807, 2.05) is 13.8 Å². The van der Waals surface area contributed by atoms with Crippen molar-refractivity contribution >= 4 is 15.9 Å². The minimum atomic E-state index is -3.11. The van der Waals surface area contributed by atoms with Gasteiger partial charge in [-0.3, -0.25) is 0 Å². The standard InChI is InChI=1S/C15H31NO5S/c1-6-9-22(19,20)10-8-15(7-2,12-17)11-16-13(18)21-14(3,4)5/h17H,6-12H2,1-5H3,(H,16,18). The number of carbonyl (C=O) groups excluding carboxylic acids is 1. The number of sulfone groups is 1. The molecule has 0 radical (unpaired) electrons. The highest BCUT2D eigenvalue weighted by atomic mass is 32.2. The number of aliphatic hydroxyl groups excluding tert-OH is 1. The van der Waals surface area contributed by atoms with Crippen molar-refractivity contribution < 1.29 is 23.1 Å². The Labute approximate surface area is 134 Å². The van der Waals surface area contributed by atoms with E-state index in [9.17, 15) is 18.3 Å². The highest BCUT2D eigenvalue weighted by Crippen LogP contribution is 2.26. The summed E-state index contributed by atoms with van der Waals surface area (Å²) in [5.41, 5.74) is -1.24. The largest absolute Gasteiger partial charge is 0.444 e. The fourth-order valence-corrected chi connectivity index (χ4v) is 3.57. The first-order chi connectivity index (χ1) is 9.99. The first kappa shape index (κ1) is 21.2. The van der Waals surface area contributed by atoms with Crippen LogP contribution in [-0.2, 0) is 14.6 Å². The highest BCUT2D eigenvalue weighted by molar-refractivity contribution is 7.91. The van der Waals surface area contributed by atoms with Crippen molar-refractivity contribution in [3.63, 3.8) is 0 Å². The molecular formula is C15H31NO5S. The van der Waals surface area contributed by atoms with Crippen molar-refractivity contribution in [2.75, 3.05) is 24.7 Å². The Hall–Kier alpha value is -0.820. The predicted octanol–water partition coefficient (Wildman–Crippen LogP) is 2.11. The van der Waals surface area contributed by atoms with Crippen LogP contribution < -0.4 is 5.32 Å². The molecule has 0 saturated heterocycles. The maximum Gasteiger partial charge on any atom is 0.407 e. The lowest BCUT2D eigenvalue weighted by atomic mass is 9.83. The summed E-state index contributed by atoms with van der Waals surface area (Å²) in [6.45, 7) is 9.01. The zero-order valence-electron chi connectivity index (χ0n) is 14.4. The van der Waals surface area contributed by atoms with E-state index in [2.05, 4.69) is 5.32 Å². The zero-order chi connectivity index (χ0) is 17.4. The molecular weight excluding hydrogens is 306 g/mol. The molecule has 0 aromatic heterocycles. The van der Waals surface area contributed by atoms with Crippen LogP contribution in [0.3, 0.4) is 0 Å². The van der Waals surface area contributed by atoms with Crippen LogP contribution in [0.4, 0.5) is 4.79 Å². The lowest BCUT2D eigenvalue weighted by molar-refractivity contribution is 0.0458. The van der Waals surface area contributed by atoms with Gasteiger partial charge in [-0.25, -0.2) is 13.2 Å². The van der Waals surface area contributed by atoms with Crippen molar-refractivity contribution in [3.8, 4) is 0 Å². The van der Waals surface area contributed by atoms with E-state index >= 15 is 0 Å². The Morgan fingerprint density at radius 2 is 1.77 bits per heavy atom. The zero-order valence-corrected chi connectivity index (χ0v) is 15.3. The molecule has 0 aliphatic carbocycles. The Bertz CT molecular complexity index is 435. The van der Waals surface area contributed by atoms with Gasteiger partial charge in [-0.2, -0.15) is 0 Å². The summed E-state index contributed by atoms with van der Waals surface area (Å²) in [7, 11) is -3.11. The number of hydrogen-bond acceptors (Lipinski definition) is 5. The molecule has 0 spiro atoms. The summed E-state index contributed by atoms with van der Waals surface area (Å²) in [6.07, 6.45) is 0.908. The average Bonchev–Trinajstić information content (AvgIpc) is 2.38. The van der Waals surface area contributed by atoms with Crippen LogP contribution >= 0.6 is 0 Å². The molecule has 0 aliphatic heterocycles. The molecule has 7 heteroatoms. The van der Waals surface area contributed by atoms with E-state index in [-0.39, 0.29) is 24.7 Å². The van der Waals surface area contributed by atoms with Crippen molar-refractivity contribution in [2.45, 2.75) is 59.5 Å². The molecule has 1 amide bonds. The average molecular weight is 337 g/mol. The Kier molecular flexibility index (Phi) is 8.39. The van der Waals surface area contributed by atoms with E-state index < -0.39 is 26.9 Å². The van der Waals surface area contributed by atoms with E-state index in [4.69, 9.17) is 4.74 Å². The van der Waals surface area contributed by atoms with Crippen molar-refractivity contribution in [1.82, 2.24) is 5.32 Å². The Morgan fingerprint density at radius 3 is 2.18 bits per heavy atom. The van der Waals surface area contributed by atoms with Gasteiger partial charge in [0, 0.05) is 17.7 Å². The third-order valence-electron chi connectivity index (χ3n) is 3.55. The topological polar surface area (TPSA) is 92.7 Å². The number of ether oxygens (including phenoxy) is 1. The maximum absolute atomic E-state index is 11.8. The molecule has 1 unspecified atom stereocenters. The third kappa shape index (κ3) is 8.58. The number of hydrogen-bond donors (Lipinski definition) is 2. The van der Waals surface area contributed by atoms with Gasteiger partial charge in [0.25, 0.3) is 0 Å². The summed E-state index contributed by atoms with van der Waals surface area (Å²) in [6, 6.07) is 0. The summed E-state index contributed by atoms with van der Waals surface area (Å²) in [5, 5.41) is 12.3. The van der Waals surface area contributed by atoms with Crippen molar-refractivity contribution in [3.05, 3.63) is 0 Å². The van der Waals surface area contributed by atoms with Crippen LogP contribution in [0.25, 0.3) is 0 Å². The van der Waals surface area contributed by atoms with Crippen molar-refractivity contribution in [1.29, 1.82) is 0 Å². The Balaban J connectivity index is 4.66. The van der Waals surface area contributed by atoms with Gasteiger partial charge in [-0.05, 0) is 40.0 Å². The first-order valence-electron chi connectivity index (χ1n) is 7.77. The molecule has 1 atom stereocenters. The van der Waals surface area contributed by atoms with Crippen LogP contribution in [-0.4, -0.2) is 49.9 Å². The van der Waals surface area contributed by atoms with Crippen LogP contribution in [0.15, 0.2) is 0 Å². The molecule has 0 aromatic rings. The van der Waals surface area contributed by atoms with Gasteiger partial charge in [0.2, 0.25) is 0 Å². The highest BCUT2D eigenvalue weighted by Gasteiger charge is 2.30. The number of rotatable bonds is 9. The second-order valence-electron chi connectivity index (χ2n) is 6.77. The molecule has 0 heterocycles. The van der Waals surface area contributed by atoms with E-state index in [0.717, 1.165) is 0 Å². The smallest absolute Gasteiger partial charge is 0.407 e. The van der Waals surface area contributed by atoms with Gasteiger partial charge in [0.05, 0.1) is 12.4 Å². The summed E-state index contributed by atoms with van der Waals surface area (Å²) >= 11 is 0. The molecule has 0 saturated carbocycles. The van der Waals surface area contributed by atoms with Gasteiger partial charge in [-0.15, -0.1) is 0 Å². The van der Waals surface area contributed by atoms with Crippen LogP contribution in [0.5, 0.6) is 0 Å². The number of carbonyl (C=O) groups is 1. The molecule has 6 nitrogen and oxygen atoms in total. The summed E-state index contributed by atoms with van der Waals surface area (Å²) in [5.74, 6) is 0.170. The van der Waals surface area contributed by atoms with Gasteiger partial charge >= 0.3 is 6.09 Å².